The van der Waals surface area contributed by atoms with E-state index in [1.54, 1.807) is 44.2 Å². The van der Waals surface area contributed by atoms with E-state index in [4.69, 9.17) is 39.1 Å². The van der Waals surface area contributed by atoms with Gasteiger partial charge in [-0.15, -0.1) is 0 Å². The number of carbonyl (C=O) groups excluding carboxylic acids is 2. The number of nitrogens with zero attached hydrogens (tertiary/aromatic N) is 8. The molecule has 2 bridgehead atoms. The Morgan fingerprint density at radius 3 is 2.54 bits per heavy atom. The van der Waals surface area contributed by atoms with Crippen LogP contribution in [0.1, 0.15) is 36.7 Å². The standard InChI is InChI=1S/C36H37FN11O14P/c1-17(2)29(50)45-34-44-28-22(31(52)46-34)42-16-48(28)32-23(60-35(53)54)20(37)19(59-32)11-58-63(55,57-10-9-38-3)62-25-24-33(61-36(25,12-49)13-56-24)47-15-41-21-26(39-14-40-27(21)47)43-30(51)18-7-5-4-6-8-18/h4-8,14-17,19-20,23-25,32-33,49H,9-13H2,1-2H3,(H,53,54)(H,39,40,43,51)(H2,44,45,46,50,52)/t19-,20-,23-,24-,25+,32-,33-,36+,63?/m1/s1. The maximum Gasteiger partial charge on any atom is 0.506 e. The molecule has 1 unspecified atom stereocenters. The second-order valence-corrected chi connectivity index (χ2v) is 16.2. The van der Waals surface area contributed by atoms with E-state index in [2.05, 4.69) is 45.4 Å². The number of hydrogen-bond acceptors (Lipinski definition) is 18. The van der Waals surface area contributed by atoms with Crippen LogP contribution in [0, 0.1) is 12.5 Å². The second kappa shape index (κ2) is 17.5. The van der Waals surface area contributed by atoms with Crippen LogP contribution in [0.5, 0.6) is 0 Å². The van der Waals surface area contributed by atoms with Crippen molar-refractivity contribution in [3.05, 3.63) is 76.6 Å². The number of benzene rings is 1. The van der Waals surface area contributed by atoms with Gasteiger partial charge in [0, 0.05) is 11.5 Å². The molecule has 27 heteroatoms. The molecule has 4 aromatic heterocycles. The summed E-state index contributed by atoms with van der Waals surface area (Å²) in [6.07, 6.45) is -9.71. The molecule has 2 amide bonds. The molecule has 0 aliphatic carbocycles. The van der Waals surface area contributed by atoms with Crippen LogP contribution < -0.4 is 16.2 Å². The number of alkyl halides is 1. The molecule has 63 heavy (non-hydrogen) atoms. The number of fused-ring (bicyclic) bond motifs is 4. The Bertz CT molecular complexity index is 2690. The van der Waals surface area contributed by atoms with Crippen molar-refractivity contribution in [3.8, 4) is 0 Å². The molecule has 5 aromatic rings. The fraction of sp³-hybridized carbons (Fsp3) is 0.444. The molecule has 5 N–H and O–H groups in total. The number of H-pyrrole nitrogens is 1. The van der Waals surface area contributed by atoms with E-state index in [0.29, 0.717) is 5.56 Å². The van der Waals surface area contributed by atoms with Crippen LogP contribution in [-0.2, 0) is 41.9 Å². The summed E-state index contributed by atoms with van der Waals surface area (Å²) in [5.41, 5.74) is -2.27. The van der Waals surface area contributed by atoms with Crippen molar-refractivity contribution in [1.82, 2.24) is 39.0 Å². The van der Waals surface area contributed by atoms with Crippen LogP contribution in [0.3, 0.4) is 0 Å². The number of aliphatic hydroxyl groups is 1. The minimum atomic E-state index is -4.91. The van der Waals surface area contributed by atoms with Gasteiger partial charge in [-0.2, -0.15) is 4.98 Å². The number of hydrogen-bond donors (Lipinski definition) is 5. The molecule has 3 aliphatic heterocycles. The van der Waals surface area contributed by atoms with Gasteiger partial charge in [-0.1, -0.05) is 32.0 Å². The second-order valence-electron chi connectivity index (χ2n) is 14.6. The van der Waals surface area contributed by atoms with Gasteiger partial charge in [0.15, 0.2) is 52.9 Å². The quantitative estimate of drug-likeness (QED) is 0.0410. The highest BCUT2D eigenvalue weighted by Gasteiger charge is 2.65. The largest absolute Gasteiger partial charge is 0.506 e. The summed E-state index contributed by atoms with van der Waals surface area (Å²) in [6.45, 7) is 7.65. The van der Waals surface area contributed by atoms with Gasteiger partial charge < -0.3 is 39.3 Å². The molecular formula is C36H37FN11O14P. The minimum Gasteiger partial charge on any atom is -0.450 e. The number of aromatic nitrogens is 8. The van der Waals surface area contributed by atoms with Gasteiger partial charge in [-0.3, -0.25) is 47.4 Å². The average molecular weight is 898 g/mol. The van der Waals surface area contributed by atoms with E-state index >= 15 is 4.39 Å². The fourth-order valence-corrected chi connectivity index (χ4v) is 8.54. The molecule has 3 fully saturated rings. The SMILES string of the molecule is [C-]#[N+]CCOP(=O)(OC[C@H]1O[C@@H](n2cnc3c(=O)[nH]c(NC(=O)C(C)C)nc32)[C@H](OC(=O)O)[C@@H]1F)O[C@H]1[C@H]2OC[C@]1(CO)O[C@H]2n1cnc2c(NC(=O)c3ccccc3)ncnc21. The first kappa shape index (κ1) is 43.4. The normalized spacial score (nSPS) is 26.2. The van der Waals surface area contributed by atoms with Crippen molar-refractivity contribution < 1.29 is 66.1 Å². The number of anilines is 2. The summed E-state index contributed by atoms with van der Waals surface area (Å²) in [5.74, 6) is -1.65. The van der Waals surface area contributed by atoms with E-state index in [9.17, 15) is 34.0 Å². The Kier molecular flexibility index (Phi) is 12.0. The van der Waals surface area contributed by atoms with Gasteiger partial charge >= 0.3 is 14.0 Å². The summed E-state index contributed by atoms with van der Waals surface area (Å²) < 4.78 is 73.2. The first-order valence-electron chi connectivity index (χ1n) is 19.1. The zero-order chi connectivity index (χ0) is 44.6. The number of aromatic amines is 1. The number of imidazole rings is 2. The third kappa shape index (κ3) is 8.35. The van der Waals surface area contributed by atoms with Gasteiger partial charge in [0.05, 0.1) is 32.5 Å². The number of carboxylic acid groups (broad SMARTS) is 1. The van der Waals surface area contributed by atoms with Crippen LogP contribution in [0.25, 0.3) is 27.2 Å². The number of aliphatic hydroxyl groups excluding tert-OH is 1. The average Bonchev–Trinajstić information content (AvgIpc) is 4.09. The monoisotopic (exact) mass is 897 g/mol. The van der Waals surface area contributed by atoms with E-state index < -0.39 is 106 Å². The summed E-state index contributed by atoms with van der Waals surface area (Å²) >= 11 is 0. The molecule has 332 valence electrons. The van der Waals surface area contributed by atoms with E-state index in [0.717, 1.165) is 10.9 Å². The zero-order valence-electron chi connectivity index (χ0n) is 33.0. The third-order valence-corrected chi connectivity index (χ3v) is 11.7. The summed E-state index contributed by atoms with van der Waals surface area (Å²) in [4.78, 5) is 76.5. The van der Waals surface area contributed by atoms with E-state index in [1.807, 2.05) is 0 Å². The zero-order valence-corrected chi connectivity index (χ0v) is 33.9. The van der Waals surface area contributed by atoms with Crippen LogP contribution in [0.2, 0.25) is 0 Å². The first-order chi connectivity index (χ1) is 30.2. The molecular weight excluding hydrogens is 860 g/mol. The molecule has 9 atom stereocenters. The molecule has 3 aliphatic rings. The first-order valence-corrected chi connectivity index (χ1v) is 20.5. The number of phosphoric acid groups is 1. The smallest absolute Gasteiger partial charge is 0.450 e. The topological polar surface area (TPSA) is 309 Å². The highest BCUT2D eigenvalue weighted by molar-refractivity contribution is 7.48. The number of ether oxygens (including phenoxy) is 4. The maximum atomic E-state index is 16.2. The number of phosphoric ester groups is 1. The van der Waals surface area contributed by atoms with Crippen LogP contribution in [0.15, 0.2) is 54.1 Å². The molecule has 0 radical (unpaired) electrons. The molecule has 8 rings (SSSR count). The Hall–Kier alpha value is -6.30. The highest BCUT2D eigenvalue weighted by Crippen LogP contribution is 2.58. The Labute approximate surface area is 353 Å². The lowest BCUT2D eigenvalue weighted by Crippen LogP contribution is -2.45. The van der Waals surface area contributed by atoms with E-state index in [-0.39, 0.29) is 47.2 Å². The number of carbonyl (C=O) groups is 3. The van der Waals surface area contributed by atoms with Crippen molar-refractivity contribution in [1.29, 1.82) is 0 Å². The van der Waals surface area contributed by atoms with Gasteiger partial charge in [0.2, 0.25) is 18.4 Å². The van der Waals surface area contributed by atoms with Gasteiger partial charge in [-0.25, -0.2) is 40.3 Å². The molecule has 0 spiro atoms. The molecule has 0 saturated carbocycles. The number of amides is 2. The predicted molar refractivity (Wildman–Crippen MR) is 209 cm³/mol. The number of halogens is 1. The maximum absolute atomic E-state index is 16.2. The van der Waals surface area contributed by atoms with Gasteiger partial charge in [0.1, 0.15) is 36.8 Å². The molecule has 25 nitrogen and oxygen atoms in total. The third-order valence-electron chi connectivity index (χ3n) is 10.2. The lowest BCUT2D eigenvalue weighted by molar-refractivity contribution is -0.185. The molecule has 3 saturated heterocycles. The number of rotatable bonds is 16. The van der Waals surface area contributed by atoms with Crippen molar-refractivity contribution in [2.45, 2.75) is 62.5 Å². The Balaban J connectivity index is 1.03. The molecule has 1 aromatic carbocycles. The molecule has 7 heterocycles. The summed E-state index contributed by atoms with van der Waals surface area (Å²) in [7, 11) is -4.91. The summed E-state index contributed by atoms with van der Waals surface area (Å²) in [5, 5.41) is 25.3. The van der Waals surface area contributed by atoms with Crippen molar-refractivity contribution >= 4 is 59.9 Å². The van der Waals surface area contributed by atoms with E-state index in [1.165, 1.54) is 17.2 Å². The summed E-state index contributed by atoms with van der Waals surface area (Å²) in [6, 6.07) is 8.39. The number of nitrogens with one attached hydrogen (secondary N) is 3. The Morgan fingerprint density at radius 2 is 1.83 bits per heavy atom. The highest BCUT2D eigenvalue weighted by atomic mass is 31.2. The fourth-order valence-electron chi connectivity index (χ4n) is 7.12. The lowest BCUT2D eigenvalue weighted by Gasteiger charge is -2.30. The van der Waals surface area contributed by atoms with Crippen LogP contribution >= 0.6 is 7.82 Å². The van der Waals surface area contributed by atoms with Crippen molar-refractivity contribution in [2.75, 3.05) is 43.6 Å². The minimum absolute atomic E-state index is 0.0806. The van der Waals surface area contributed by atoms with Crippen LogP contribution in [0.4, 0.5) is 21.0 Å². The lowest BCUT2D eigenvalue weighted by atomic mass is 10.0. The van der Waals surface area contributed by atoms with Gasteiger partial charge in [0.25, 0.3) is 11.5 Å². The van der Waals surface area contributed by atoms with Gasteiger partial charge in [-0.05, 0) is 12.1 Å². The van der Waals surface area contributed by atoms with Crippen molar-refractivity contribution in [3.63, 3.8) is 0 Å². The predicted octanol–water partition coefficient (Wildman–Crippen LogP) is 2.21. The Morgan fingerprint density at radius 1 is 1.08 bits per heavy atom. The van der Waals surface area contributed by atoms with Crippen molar-refractivity contribution in [2.24, 2.45) is 5.92 Å². The van der Waals surface area contributed by atoms with Crippen LogP contribution in [-0.4, -0.2) is 136 Å².